The van der Waals surface area contributed by atoms with Crippen LogP contribution >= 0.6 is 0 Å². The Morgan fingerprint density at radius 3 is 2.71 bits per heavy atom. The van der Waals surface area contributed by atoms with E-state index in [1.165, 1.54) is 6.20 Å². The maximum Gasteiger partial charge on any atom is 0.262 e. The molecule has 1 fully saturated rings. The number of amides is 1. The highest BCUT2D eigenvalue weighted by molar-refractivity contribution is 5.78. The van der Waals surface area contributed by atoms with Crippen LogP contribution in [0.4, 0.5) is 0 Å². The number of hydrogen-bond donors (Lipinski definition) is 1. The van der Waals surface area contributed by atoms with E-state index in [2.05, 4.69) is 15.1 Å². The summed E-state index contributed by atoms with van der Waals surface area (Å²) < 4.78 is 7.18. The minimum atomic E-state index is -0.247. The zero-order valence-corrected chi connectivity index (χ0v) is 19.1. The van der Waals surface area contributed by atoms with E-state index < -0.39 is 0 Å². The first-order valence-corrected chi connectivity index (χ1v) is 11.7. The SMILES string of the molecule is CCOc1ccc([C@H]2CCCN2C(=O)CCc2nc3c(cnn3-c3ccccc3)c(=O)[nH]2)cc1. The minimum absolute atomic E-state index is 0.0655. The summed E-state index contributed by atoms with van der Waals surface area (Å²) in [5, 5.41) is 4.76. The third-order valence-electron chi connectivity index (χ3n) is 6.21. The van der Waals surface area contributed by atoms with Crippen molar-refractivity contribution in [2.75, 3.05) is 13.2 Å². The number of hydrogen-bond acceptors (Lipinski definition) is 5. The standard InChI is InChI=1S/C26H27N5O3/c1-2-34-20-12-10-18(11-13-20)22-9-6-16-30(22)24(32)15-14-23-28-25-21(26(33)29-23)17-27-31(25)19-7-4-3-5-8-19/h3-5,7-8,10-13,17,22H,2,6,9,14-16H2,1H3,(H,28,29,33)/t22-/m1/s1. The molecule has 0 saturated carbocycles. The van der Waals surface area contributed by atoms with Crippen LogP contribution in [0.3, 0.4) is 0 Å². The molecule has 1 aliphatic heterocycles. The lowest BCUT2D eigenvalue weighted by Gasteiger charge is -2.25. The molecule has 8 heteroatoms. The molecule has 34 heavy (non-hydrogen) atoms. The van der Waals surface area contributed by atoms with Gasteiger partial charge in [-0.1, -0.05) is 30.3 Å². The predicted molar refractivity (Wildman–Crippen MR) is 129 cm³/mol. The number of benzene rings is 2. The van der Waals surface area contributed by atoms with E-state index >= 15 is 0 Å². The van der Waals surface area contributed by atoms with Gasteiger partial charge in [-0.15, -0.1) is 0 Å². The van der Waals surface area contributed by atoms with Crippen molar-refractivity contribution >= 4 is 16.9 Å². The number of aryl methyl sites for hydroxylation is 1. The van der Waals surface area contributed by atoms with Crippen molar-refractivity contribution in [2.24, 2.45) is 0 Å². The van der Waals surface area contributed by atoms with Crippen LogP contribution in [-0.4, -0.2) is 43.7 Å². The molecular formula is C26H27N5O3. The largest absolute Gasteiger partial charge is 0.494 e. The third kappa shape index (κ3) is 4.31. The Hall–Kier alpha value is -3.94. The topological polar surface area (TPSA) is 93.1 Å². The summed E-state index contributed by atoms with van der Waals surface area (Å²) in [4.78, 5) is 35.1. The zero-order valence-electron chi connectivity index (χ0n) is 19.1. The highest BCUT2D eigenvalue weighted by atomic mass is 16.5. The van der Waals surface area contributed by atoms with Crippen molar-refractivity contribution in [3.63, 3.8) is 0 Å². The molecular weight excluding hydrogens is 430 g/mol. The molecule has 5 rings (SSSR count). The molecule has 1 atom stereocenters. The van der Waals surface area contributed by atoms with Crippen molar-refractivity contribution in [2.45, 2.75) is 38.6 Å². The fraction of sp³-hybridized carbons (Fsp3) is 0.308. The number of carbonyl (C=O) groups excluding carboxylic acids is 1. The van der Waals surface area contributed by atoms with Crippen LogP contribution in [0.25, 0.3) is 16.7 Å². The smallest absolute Gasteiger partial charge is 0.262 e. The fourth-order valence-electron chi connectivity index (χ4n) is 4.57. The van der Waals surface area contributed by atoms with E-state index in [0.29, 0.717) is 29.9 Å². The molecule has 8 nitrogen and oxygen atoms in total. The van der Waals surface area contributed by atoms with Crippen molar-refractivity contribution in [1.82, 2.24) is 24.6 Å². The van der Waals surface area contributed by atoms with Gasteiger partial charge in [-0.25, -0.2) is 9.67 Å². The number of aromatic nitrogens is 4. The van der Waals surface area contributed by atoms with E-state index in [4.69, 9.17) is 4.74 Å². The van der Waals surface area contributed by atoms with Gasteiger partial charge in [0.05, 0.1) is 24.5 Å². The summed E-state index contributed by atoms with van der Waals surface area (Å²) in [6, 6.07) is 17.6. The number of nitrogens with one attached hydrogen (secondary N) is 1. The molecule has 1 N–H and O–H groups in total. The number of likely N-dealkylation sites (tertiary alicyclic amines) is 1. The van der Waals surface area contributed by atoms with Crippen LogP contribution in [0.15, 0.2) is 65.6 Å². The second kappa shape index (κ2) is 9.51. The Kier molecular flexibility index (Phi) is 6.12. The Morgan fingerprint density at radius 2 is 1.94 bits per heavy atom. The number of fused-ring (bicyclic) bond motifs is 1. The number of H-pyrrole nitrogens is 1. The van der Waals surface area contributed by atoms with E-state index in [9.17, 15) is 9.59 Å². The summed E-state index contributed by atoms with van der Waals surface area (Å²) in [5.74, 6) is 1.39. The number of ether oxygens (including phenoxy) is 1. The average molecular weight is 458 g/mol. The van der Waals surface area contributed by atoms with Crippen LogP contribution < -0.4 is 10.3 Å². The molecule has 3 heterocycles. The first kappa shape index (κ1) is 21.9. The summed E-state index contributed by atoms with van der Waals surface area (Å²) in [7, 11) is 0. The van der Waals surface area contributed by atoms with Gasteiger partial charge in [0, 0.05) is 19.4 Å². The molecule has 1 amide bonds. The number of nitrogens with zero attached hydrogens (tertiary/aromatic N) is 4. The lowest BCUT2D eigenvalue weighted by atomic mass is 10.0. The normalized spacial score (nSPS) is 15.7. The van der Waals surface area contributed by atoms with Crippen molar-refractivity contribution in [3.8, 4) is 11.4 Å². The lowest BCUT2D eigenvalue weighted by molar-refractivity contribution is -0.132. The molecule has 0 spiro atoms. The molecule has 2 aromatic carbocycles. The third-order valence-corrected chi connectivity index (χ3v) is 6.21. The van der Waals surface area contributed by atoms with Gasteiger partial charge in [-0.2, -0.15) is 5.10 Å². The monoisotopic (exact) mass is 457 g/mol. The quantitative estimate of drug-likeness (QED) is 0.456. The van der Waals surface area contributed by atoms with E-state index in [0.717, 1.165) is 36.4 Å². The van der Waals surface area contributed by atoms with Gasteiger partial charge in [0.2, 0.25) is 5.91 Å². The maximum absolute atomic E-state index is 13.1. The van der Waals surface area contributed by atoms with Crippen LogP contribution in [0, 0.1) is 0 Å². The van der Waals surface area contributed by atoms with Crippen LogP contribution in [-0.2, 0) is 11.2 Å². The van der Waals surface area contributed by atoms with Gasteiger partial charge in [-0.05, 0) is 49.6 Å². The van der Waals surface area contributed by atoms with Gasteiger partial charge in [-0.3, -0.25) is 9.59 Å². The first-order chi connectivity index (χ1) is 16.6. The molecule has 0 bridgehead atoms. The van der Waals surface area contributed by atoms with Crippen molar-refractivity contribution in [3.05, 3.63) is 82.5 Å². The molecule has 174 valence electrons. The average Bonchev–Trinajstić information content (AvgIpc) is 3.52. The first-order valence-electron chi connectivity index (χ1n) is 11.7. The molecule has 0 unspecified atom stereocenters. The van der Waals surface area contributed by atoms with E-state index in [1.54, 1.807) is 4.68 Å². The Morgan fingerprint density at radius 1 is 1.15 bits per heavy atom. The molecule has 4 aromatic rings. The number of aromatic amines is 1. The second-order valence-corrected chi connectivity index (χ2v) is 8.39. The lowest BCUT2D eigenvalue weighted by Crippen LogP contribution is -2.31. The minimum Gasteiger partial charge on any atom is -0.494 e. The molecule has 2 aromatic heterocycles. The van der Waals surface area contributed by atoms with Gasteiger partial charge >= 0.3 is 0 Å². The molecule has 1 saturated heterocycles. The van der Waals surface area contributed by atoms with Gasteiger partial charge in [0.15, 0.2) is 5.65 Å². The van der Waals surface area contributed by atoms with Crippen LogP contribution in [0.1, 0.15) is 43.6 Å². The predicted octanol–water partition coefficient (Wildman–Crippen LogP) is 3.80. The highest BCUT2D eigenvalue weighted by Gasteiger charge is 2.29. The summed E-state index contributed by atoms with van der Waals surface area (Å²) in [6.07, 6.45) is 4.07. The second-order valence-electron chi connectivity index (χ2n) is 8.39. The maximum atomic E-state index is 13.1. The van der Waals surface area contributed by atoms with Crippen molar-refractivity contribution < 1.29 is 9.53 Å². The van der Waals surface area contributed by atoms with E-state index in [1.807, 2.05) is 66.4 Å². The van der Waals surface area contributed by atoms with Crippen LogP contribution in [0.2, 0.25) is 0 Å². The molecule has 0 aliphatic carbocycles. The fourth-order valence-corrected chi connectivity index (χ4v) is 4.57. The highest BCUT2D eigenvalue weighted by Crippen LogP contribution is 2.33. The van der Waals surface area contributed by atoms with Crippen LogP contribution in [0.5, 0.6) is 5.75 Å². The molecule has 1 aliphatic rings. The zero-order chi connectivity index (χ0) is 23.5. The Balaban J connectivity index is 1.32. The van der Waals surface area contributed by atoms with E-state index in [-0.39, 0.29) is 23.9 Å². The van der Waals surface area contributed by atoms with Gasteiger partial charge in [0.1, 0.15) is 17.0 Å². The Labute approximate surface area is 197 Å². The number of rotatable bonds is 7. The summed E-state index contributed by atoms with van der Waals surface area (Å²) in [6.45, 7) is 3.32. The summed E-state index contributed by atoms with van der Waals surface area (Å²) in [5.41, 5.74) is 2.19. The number of carbonyl (C=O) groups is 1. The summed E-state index contributed by atoms with van der Waals surface area (Å²) >= 11 is 0. The number of para-hydroxylation sites is 1. The van der Waals surface area contributed by atoms with Crippen molar-refractivity contribution in [1.29, 1.82) is 0 Å². The van der Waals surface area contributed by atoms with Gasteiger partial charge in [0.25, 0.3) is 5.56 Å². The Bertz CT molecular complexity index is 1340. The van der Waals surface area contributed by atoms with Gasteiger partial charge < -0.3 is 14.6 Å². The molecule has 0 radical (unpaired) electrons.